The summed E-state index contributed by atoms with van der Waals surface area (Å²) in [7, 11) is 0. The number of carboxylic acid groups (broad SMARTS) is 1. The van der Waals surface area contributed by atoms with E-state index in [-0.39, 0.29) is 12.5 Å². The molecular formula is C9H6F3NO3. The maximum absolute atomic E-state index is 13.1. The maximum Gasteiger partial charge on any atom is 0.331 e. The molecule has 1 unspecified atom stereocenters. The smallest absolute Gasteiger partial charge is 0.331 e. The van der Waals surface area contributed by atoms with Gasteiger partial charge >= 0.3 is 5.97 Å². The van der Waals surface area contributed by atoms with Crippen molar-refractivity contribution in [3.8, 4) is 0 Å². The lowest BCUT2D eigenvalue weighted by atomic mass is 10.1. The Morgan fingerprint density at radius 1 is 1.25 bits per heavy atom. The number of rotatable bonds is 4. The van der Waals surface area contributed by atoms with E-state index in [1.54, 1.807) is 5.32 Å². The summed E-state index contributed by atoms with van der Waals surface area (Å²) in [6.45, 7) is 0. The largest absolute Gasteiger partial charge is 0.479 e. The number of hydrogen-bond acceptors (Lipinski definition) is 2. The molecule has 0 fully saturated rings. The van der Waals surface area contributed by atoms with Crippen molar-refractivity contribution < 1.29 is 27.9 Å². The minimum atomic E-state index is -1.76. The van der Waals surface area contributed by atoms with Gasteiger partial charge in [0.25, 0.3) is 0 Å². The zero-order valence-corrected chi connectivity index (χ0v) is 7.71. The highest BCUT2D eigenvalue weighted by atomic mass is 19.2. The van der Waals surface area contributed by atoms with E-state index in [9.17, 15) is 22.8 Å². The SMILES string of the molecule is O=CNC(C(=O)O)c1cc(F)c(F)cc1F. The van der Waals surface area contributed by atoms with Crippen molar-refractivity contribution in [2.45, 2.75) is 6.04 Å². The van der Waals surface area contributed by atoms with Crippen LogP contribution in [0.15, 0.2) is 12.1 Å². The van der Waals surface area contributed by atoms with Crippen LogP contribution in [0.25, 0.3) is 0 Å². The Labute approximate surface area is 87.7 Å². The fraction of sp³-hybridized carbons (Fsp3) is 0.111. The fourth-order valence-electron chi connectivity index (χ4n) is 1.12. The predicted octanol–water partition coefficient (Wildman–Crippen LogP) is 0.976. The first-order valence-corrected chi connectivity index (χ1v) is 4.04. The van der Waals surface area contributed by atoms with Crippen molar-refractivity contribution in [3.63, 3.8) is 0 Å². The molecule has 0 spiro atoms. The van der Waals surface area contributed by atoms with E-state index in [2.05, 4.69) is 0 Å². The average Bonchev–Trinajstić information content (AvgIpc) is 2.20. The van der Waals surface area contributed by atoms with E-state index in [4.69, 9.17) is 5.11 Å². The number of carbonyl (C=O) groups is 2. The number of nitrogens with one attached hydrogen (secondary N) is 1. The molecule has 0 radical (unpaired) electrons. The van der Waals surface area contributed by atoms with Crippen molar-refractivity contribution in [2.75, 3.05) is 0 Å². The van der Waals surface area contributed by atoms with Crippen molar-refractivity contribution >= 4 is 12.4 Å². The maximum atomic E-state index is 13.1. The number of benzene rings is 1. The number of carbonyl (C=O) groups excluding carboxylic acids is 1. The molecule has 0 aliphatic carbocycles. The van der Waals surface area contributed by atoms with E-state index in [0.29, 0.717) is 6.07 Å². The Morgan fingerprint density at radius 2 is 1.81 bits per heavy atom. The second kappa shape index (κ2) is 4.65. The summed E-state index contributed by atoms with van der Waals surface area (Å²) in [5.41, 5.74) is -0.654. The van der Waals surface area contributed by atoms with Gasteiger partial charge in [-0.25, -0.2) is 18.0 Å². The molecule has 1 atom stereocenters. The number of amides is 1. The molecule has 1 rings (SSSR count). The molecule has 7 heteroatoms. The number of halogens is 3. The molecular weight excluding hydrogens is 227 g/mol. The normalized spacial score (nSPS) is 11.9. The second-order valence-electron chi connectivity index (χ2n) is 2.84. The van der Waals surface area contributed by atoms with Gasteiger partial charge in [-0.05, 0) is 6.07 Å². The van der Waals surface area contributed by atoms with Gasteiger partial charge in [0.1, 0.15) is 5.82 Å². The minimum absolute atomic E-state index is 0.0273. The van der Waals surface area contributed by atoms with Gasteiger partial charge in [-0.1, -0.05) is 0 Å². The van der Waals surface area contributed by atoms with Gasteiger partial charge in [0.15, 0.2) is 17.7 Å². The molecule has 1 aromatic carbocycles. The lowest BCUT2D eigenvalue weighted by Crippen LogP contribution is -2.28. The first kappa shape index (κ1) is 12.0. The quantitative estimate of drug-likeness (QED) is 0.601. The van der Waals surface area contributed by atoms with Crippen LogP contribution >= 0.6 is 0 Å². The van der Waals surface area contributed by atoms with E-state index in [0.717, 1.165) is 0 Å². The average molecular weight is 233 g/mol. The molecule has 0 aromatic heterocycles. The van der Waals surface area contributed by atoms with Gasteiger partial charge < -0.3 is 10.4 Å². The fourth-order valence-corrected chi connectivity index (χ4v) is 1.12. The molecule has 2 N–H and O–H groups in total. The Morgan fingerprint density at radius 3 is 2.31 bits per heavy atom. The van der Waals surface area contributed by atoms with Gasteiger partial charge in [0.05, 0.1) is 0 Å². The van der Waals surface area contributed by atoms with Crippen LogP contribution in [-0.4, -0.2) is 17.5 Å². The van der Waals surface area contributed by atoms with E-state index in [1.807, 2.05) is 0 Å². The molecule has 1 amide bonds. The molecule has 0 heterocycles. The highest BCUT2D eigenvalue weighted by Gasteiger charge is 2.24. The molecule has 1 aromatic rings. The van der Waals surface area contributed by atoms with Crippen molar-refractivity contribution in [1.82, 2.24) is 5.32 Å². The van der Waals surface area contributed by atoms with Gasteiger partial charge in [-0.15, -0.1) is 0 Å². The number of hydrogen-bond donors (Lipinski definition) is 2. The standard InChI is InChI=1S/C9H6F3NO3/c10-5-2-7(12)6(11)1-4(5)8(9(15)16)13-3-14/h1-3,8H,(H,13,14)(H,15,16). The van der Waals surface area contributed by atoms with Crippen molar-refractivity contribution in [2.24, 2.45) is 0 Å². The third-order valence-electron chi connectivity index (χ3n) is 1.83. The molecule has 86 valence electrons. The first-order chi connectivity index (χ1) is 7.47. The second-order valence-corrected chi connectivity index (χ2v) is 2.84. The zero-order chi connectivity index (χ0) is 12.3. The molecule has 0 aliphatic heterocycles. The third kappa shape index (κ3) is 2.30. The van der Waals surface area contributed by atoms with Gasteiger partial charge in [0, 0.05) is 11.6 Å². The van der Waals surface area contributed by atoms with Crippen LogP contribution in [0.3, 0.4) is 0 Å². The highest BCUT2D eigenvalue weighted by Crippen LogP contribution is 2.20. The van der Waals surface area contributed by atoms with Crippen molar-refractivity contribution in [1.29, 1.82) is 0 Å². The number of aliphatic carboxylic acids is 1. The Balaban J connectivity index is 3.23. The van der Waals surface area contributed by atoms with E-state index >= 15 is 0 Å². The van der Waals surface area contributed by atoms with Gasteiger partial charge in [-0.2, -0.15) is 0 Å². The Bertz CT molecular complexity index is 436. The Kier molecular flexibility index (Phi) is 3.49. The molecule has 0 saturated heterocycles. The van der Waals surface area contributed by atoms with E-state index < -0.39 is 35.0 Å². The zero-order valence-electron chi connectivity index (χ0n) is 7.71. The summed E-state index contributed by atoms with van der Waals surface area (Å²) in [4.78, 5) is 20.7. The summed E-state index contributed by atoms with van der Waals surface area (Å²) in [5.74, 6) is -5.66. The van der Waals surface area contributed by atoms with Gasteiger partial charge in [-0.3, -0.25) is 4.79 Å². The van der Waals surface area contributed by atoms with Crippen LogP contribution in [0.2, 0.25) is 0 Å². The lowest BCUT2D eigenvalue weighted by Gasteiger charge is -2.12. The van der Waals surface area contributed by atoms with Crippen LogP contribution in [0.1, 0.15) is 11.6 Å². The van der Waals surface area contributed by atoms with Crippen LogP contribution < -0.4 is 5.32 Å². The topological polar surface area (TPSA) is 66.4 Å². The monoisotopic (exact) mass is 233 g/mol. The van der Waals surface area contributed by atoms with E-state index in [1.165, 1.54) is 0 Å². The summed E-state index contributed by atoms with van der Waals surface area (Å²) < 4.78 is 38.5. The summed E-state index contributed by atoms with van der Waals surface area (Å²) in [6.07, 6.45) is 0.0273. The Hall–Kier alpha value is -2.05. The summed E-state index contributed by atoms with van der Waals surface area (Å²) in [6, 6.07) is -1.15. The van der Waals surface area contributed by atoms with Crippen molar-refractivity contribution in [3.05, 3.63) is 35.1 Å². The van der Waals surface area contributed by atoms with Crippen LogP contribution in [0.5, 0.6) is 0 Å². The molecule has 0 bridgehead atoms. The molecule has 16 heavy (non-hydrogen) atoms. The minimum Gasteiger partial charge on any atom is -0.479 e. The molecule has 0 aliphatic rings. The number of carboxylic acids is 1. The third-order valence-corrected chi connectivity index (χ3v) is 1.83. The first-order valence-electron chi connectivity index (χ1n) is 4.04. The summed E-state index contributed by atoms with van der Waals surface area (Å²) in [5, 5.41) is 10.4. The molecule has 4 nitrogen and oxygen atoms in total. The van der Waals surface area contributed by atoms with Crippen LogP contribution in [0, 0.1) is 17.5 Å². The van der Waals surface area contributed by atoms with Gasteiger partial charge in [0.2, 0.25) is 6.41 Å². The predicted molar refractivity (Wildman–Crippen MR) is 45.9 cm³/mol. The molecule has 0 saturated carbocycles. The van der Waals surface area contributed by atoms with Crippen LogP contribution in [-0.2, 0) is 9.59 Å². The van der Waals surface area contributed by atoms with Crippen LogP contribution in [0.4, 0.5) is 13.2 Å². The highest BCUT2D eigenvalue weighted by molar-refractivity contribution is 5.78. The lowest BCUT2D eigenvalue weighted by molar-refractivity contribution is -0.140. The summed E-state index contributed by atoms with van der Waals surface area (Å²) >= 11 is 0.